The van der Waals surface area contributed by atoms with Crippen molar-refractivity contribution in [2.75, 3.05) is 52.6 Å². The molecule has 31 heavy (non-hydrogen) atoms. The van der Waals surface area contributed by atoms with Gasteiger partial charge in [0.2, 0.25) is 0 Å². The summed E-state index contributed by atoms with van der Waals surface area (Å²) in [7, 11) is 0. The van der Waals surface area contributed by atoms with Gasteiger partial charge in [0, 0.05) is 38.3 Å². The Morgan fingerprint density at radius 3 is 1.00 bits per heavy atom. The maximum absolute atomic E-state index is 5.53. The molecule has 0 aromatic rings. The molecule has 0 aromatic heterocycles. The molecular weight excluding hydrogens is 392 g/mol. The van der Waals surface area contributed by atoms with Crippen LogP contribution in [0.25, 0.3) is 0 Å². The standard InChI is InChI=1S/C25H42N2O4/c1-5-20(26(10-22-14-28-22)11-23-15-29-23)6-2-18(1)9-19-3-7-21(8-4-19)27(12-24-16-30-24)13-25-17-31-25/h18-25H,1-17H2. The number of epoxide rings is 4. The van der Waals surface area contributed by atoms with Gasteiger partial charge in [0.1, 0.15) is 0 Å². The number of rotatable bonds is 12. The van der Waals surface area contributed by atoms with Crippen LogP contribution in [0.15, 0.2) is 0 Å². The van der Waals surface area contributed by atoms with Crippen molar-refractivity contribution in [3.8, 4) is 0 Å². The van der Waals surface area contributed by atoms with Crippen molar-refractivity contribution in [2.24, 2.45) is 11.8 Å². The molecule has 4 atom stereocenters. The molecule has 0 radical (unpaired) electrons. The van der Waals surface area contributed by atoms with Gasteiger partial charge in [0.05, 0.1) is 50.8 Å². The number of hydrogen-bond donors (Lipinski definition) is 0. The predicted octanol–water partition coefficient (Wildman–Crippen LogP) is 2.69. The first-order valence-corrected chi connectivity index (χ1v) is 13.2. The average Bonchev–Trinajstić information content (AvgIpc) is 3.63. The van der Waals surface area contributed by atoms with Crippen LogP contribution in [-0.4, -0.2) is 98.9 Å². The van der Waals surface area contributed by atoms with Gasteiger partial charge in [0.15, 0.2) is 0 Å². The first-order valence-electron chi connectivity index (χ1n) is 13.2. The third kappa shape index (κ3) is 6.42. The van der Waals surface area contributed by atoms with Gasteiger partial charge >= 0.3 is 0 Å². The van der Waals surface area contributed by atoms with Crippen molar-refractivity contribution in [2.45, 2.75) is 94.3 Å². The lowest BCUT2D eigenvalue weighted by Crippen LogP contribution is -2.43. The van der Waals surface area contributed by atoms with E-state index in [9.17, 15) is 0 Å². The highest BCUT2D eigenvalue weighted by Crippen LogP contribution is 2.38. The molecule has 6 fully saturated rings. The first kappa shape index (κ1) is 21.3. The molecule has 4 saturated heterocycles. The normalized spacial score (nSPS) is 43.9. The van der Waals surface area contributed by atoms with Crippen LogP contribution in [0.2, 0.25) is 0 Å². The van der Waals surface area contributed by atoms with Crippen molar-refractivity contribution in [1.29, 1.82) is 0 Å². The van der Waals surface area contributed by atoms with Crippen LogP contribution in [0.5, 0.6) is 0 Å². The van der Waals surface area contributed by atoms with Crippen LogP contribution < -0.4 is 0 Å². The minimum Gasteiger partial charge on any atom is -0.372 e. The Labute approximate surface area is 187 Å². The zero-order chi connectivity index (χ0) is 20.6. The second kappa shape index (κ2) is 9.55. The smallest absolute Gasteiger partial charge is 0.0936 e. The Morgan fingerprint density at radius 2 is 0.742 bits per heavy atom. The highest BCUT2D eigenvalue weighted by molar-refractivity contribution is 4.90. The van der Waals surface area contributed by atoms with E-state index in [0.717, 1.165) is 76.5 Å². The summed E-state index contributed by atoms with van der Waals surface area (Å²) in [6.07, 6.45) is 14.8. The third-order valence-corrected chi connectivity index (χ3v) is 8.69. The van der Waals surface area contributed by atoms with Crippen LogP contribution in [0, 0.1) is 11.8 Å². The summed E-state index contributed by atoms with van der Waals surface area (Å²) in [5, 5.41) is 0. The van der Waals surface area contributed by atoms with E-state index in [2.05, 4.69) is 9.80 Å². The van der Waals surface area contributed by atoms with Crippen LogP contribution >= 0.6 is 0 Å². The number of ether oxygens (including phenoxy) is 4. The molecule has 0 N–H and O–H groups in total. The second-order valence-electron chi connectivity index (χ2n) is 11.3. The van der Waals surface area contributed by atoms with Crippen LogP contribution in [0.4, 0.5) is 0 Å². The molecule has 6 aliphatic rings. The Balaban J connectivity index is 0.923. The van der Waals surface area contributed by atoms with E-state index in [1.54, 1.807) is 0 Å². The predicted molar refractivity (Wildman–Crippen MR) is 118 cm³/mol. The van der Waals surface area contributed by atoms with Crippen LogP contribution in [0.1, 0.15) is 57.8 Å². The zero-order valence-corrected chi connectivity index (χ0v) is 19.2. The molecule has 0 amide bonds. The van der Waals surface area contributed by atoms with E-state index in [-0.39, 0.29) is 0 Å². The second-order valence-corrected chi connectivity index (χ2v) is 11.3. The van der Waals surface area contributed by atoms with E-state index in [1.165, 1.54) is 57.8 Å². The number of hydrogen-bond acceptors (Lipinski definition) is 6. The lowest BCUT2D eigenvalue weighted by atomic mass is 9.75. The maximum Gasteiger partial charge on any atom is 0.0936 e. The van der Waals surface area contributed by atoms with Crippen LogP contribution in [0.3, 0.4) is 0 Å². The van der Waals surface area contributed by atoms with E-state index < -0.39 is 0 Å². The molecule has 4 heterocycles. The fourth-order valence-corrected chi connectivity index (χ4v) is 6.45. The Morgan fingerprint density at radius 1 is 0.452 bits per heavy atom. The summed E-state index contributed by atoms with van der Waals surface area (Å²) in [5.74, 6) is 1.93. The fraction of sp³-hybridized carbons (Fsp3) is 1.00. The number of nitrogens with zero attached hydrogens (tertiary/aromatic N) is 2. The van der Waals surface area contributed by atoms with Gasteiger partial charge in [-0.1, -0.05) is 0 Å². The molecule has 6 heteroatoms. The maximum atomic E-state index is 5.53. The molecule has 0 spiro atoms. The summed E-state index contributed by atoms with van der Waals surface area (Å²) >= 11 is 0. The molecule has 2 aliphatic carbocycles. The molecule has 4 unspecified atom stereocenters. The highest BCUT2D eigenvalue weighted by Gasteiger charge is 2.38. The topological polar surface area (TPSA) is 56.6 Å². The van der Waals surface area contributed by atoms with E-state index in [1.807, 2.05) is 0 Å². The summed E-state index contributed by atoms with van der Waals surface area (Å²) < 4.78 is 22.1. The van der Waals surface area contributed by atoms with Gasteiger partial charge in [0.25, 0.3) is 0 Å². The lowest BCUT2D eigenvalue weighted by molar-refractivity contribution is 0.0934. The van der Waals surface area contributed by atoms with Crippen molar-refractivity contribution in [3.63, 3.8) is 0 Å². The molecule has 4 aliphatic heterocycles. The molecule has 0 aromatic carbocycles. The Bertz CT molecular complexity index is 496. The van der Waals surface area contributed by atoms with Crippen molar-refractivity contribution < 1.29 is 18.9 Å². The Kier molecular flexibility index (Phi) is 6.57. The monoisotopic (exact) mass is 434 g/mol. The first-order chi connectivity index (χ1) is 15.3. The van der Waals surface area contributed by atoms with E-state index >= 15 is 0 Å². The van der Waals surface area contributed by atoms with Crippen molar-refractivity contribution in [3.05, 3.63) is 0 Å². The third-order valence-electron chi connectivity index (χ3n) is 8.69. The van der Waals surface area contributed by atoms with Gasteiger partial charge < -0.3 is 18.9 Å². The van der Waals surface area contributed by atoms with Gasteiger partial charge in [-0.15, -0.1) is 0 Å². The lowest BCUT2D eigenvalue weighted by Gasteiger charge is -2.40. The quantitative estimate of drug-likeness (QED) is 0.440. The summed E-state index contributed by atoms with van der Waals surface area (Å²) in [6, 6.07) is 1.53. The largest absolute Gasteiger partial charge is 0.372 e. The summed E-state index contributed by atoms with van der Waals surface area (Å²) in [6.45, 7) is 8.41. The van der Waals surface area contributed by atoms with Crippen molar-refractivity contribution >= 4 is 0 Å². The van der Waals surface area contributed by atoms with Crippen LogP contribution in [-0.2, 0) is 18.9 Å². The van der Waals surface area contributed by atoms with E-state index in [4.69, 9.17) is 18.9 Å². The van der Waals surface area contributed by atoms with Gasteiger partial charge in [-0.05, 0) is 69.6 Å². The van der Waals surface area contributed by atoms with Gasteiger partial charge in [-0.2, -0.15) is 0 Å². The zero-order valence-electron chi connectivity index (χ0n) is 19.2. The minimum atomic E-state index is 0.504. The highest BCUT2D eigenvalue weighted by atomic mass is 16.6. The average molecular weight is 435 g/mol. The SMILES string of the molecule is C1CC(N(CC2CO2)CC2CO2)CCC1CC1CCC(N(CC2CO2)CC2CO2)CC1. The molecule has 0 bridgehead atoms. The fourth-order valence-electron chi connectivity index (χ4n) is 6.45. The molecule has 2 saturated carbocycles. The van der Waals surface area contributed by atoms with Gasteiger partial charge in [-0.25, -0.2) is 0 Å². The summed E-state index contributed by atoms with van der Waals surface area (Å²) in [4.78, 5) is 5.41. The van der Waals surface area contributed by atoms with E-state index in [0.29, 0.717) is 24.4 Å². The van der Waals surface area contributed by atoms with Gasteiger partial charge in [-0.3, -0.25) is 9.80 Å². The molecule has 6 nitrogen and oxygen atoms in total. The van der Waals surface area contributed by atoms with Crippen molar-refractivity contribution in [1.82, 2.24) is 9.80 Å². The summed E-state index contributed by atoms with van der Waals surface area (Å²) in [5.41, 5.74) is 0. The molecule has 176 valence electrons. The Hall–Kier alpha value is -0.240. The molecule has 6 rings (SSSR count). The minimum absolute atomic E-state index is 0.504. The molecular formula is C25H42N2O4.